The normalized spacial score (nSPS) is 12.4. The standard InChI is InChI=1S/C15H21N3O/c1-3-10-19-13-7-5-6-12(11-13)14(16)15-17-8-9-18(15)4-2/h5-9,11,14H,3-4,10,16H2,1-2H3. The summed E-state index contributed by atoms with van der Waals surface area (Å²) in [4.78, 5) is 4.35. The van der Waals surface area contributed by atoms with Gasteiger partial charge in [-0.15, -0.1) is 0 Å². The summed E-state index contributed by atoms with van der Waals surface area (Å²) in [5, 5.41) is 0. The van der Waals surface area contributed by atoms with Crippen LogP contribution in [0.4, 0.5) is 0 Å². The molecule has 0 aliphatic heterocycles. The van der Waals surface area contributed by atoms with Crippen molar-refractivity contribution in [2.45, 2.75) is 32.9 Å². The maximum atomic E-state index is 6.30. The predicted molar refractivity (Wildman–Crippen MR) is 76.2 cm³/mol. The first kappa shape index (κ1) is 13.6. The van der Waals surface area contributed by atoms with Crippen molar-refractivity contribution in [2.24, 2.45) is 5.73 Å². The molecule has 0 aliphatic rings. The molecule has 1 unspecified atom stereocenters. The van der Waals surface area contributed by atoms with Gasteiger partial charge in [-0.1, -0.05) is 19.1 Å². The number of hydrogen-bond acceptors (Lipinski definition) is 3. The van der Waals surface area contributed by atoms with E-state index in [4.69, 9.17) is 10.5 Å². The number of aryl methyl sites for hydroxylation is 1. The molecule has 0 bridgehead atoms. The number of hydrogen-bond donors (Lipinski definition) is 1. The quantitative estimate of drug-likeness (QED) is 0.867. The molecule has 4 nitrogen and oxygen atoms in total. The van der Waals surface area contributed by atoms with Crippen LogP contribution in [0.1, 0.15) is 37.7 Å². The van der Waals surface area contributed by atoms with E-state index in [-0.39, 0.29) is 6.04 Å². The molecule has 1 heterocycles. The monoisotopic (exact) mass is 259 g/mol. The predicted octanol–water partition coefficient (Wildman–Crippen LogP) is 2.74. The minimum atomic E-state index is -0.222. The molecule has 102 valence electrons. The Labute approximate surface area is 114 Å². The molecule has 19 heavy (non-hydrogen) atoms. The Balaban J connectivity index is 2.21. The van der Waals surface area contributed by atoms with E-state index in [2.05, 4.69) is 23.4 Å². The summed E-state index contributed by atoms with van der Waals surface area (Å²) >= 11 is 0. The summed E-state index contributed by atoms with van der Waals surface area (Å²) in [5.41, 5.74) is 7.32. The Hall–Kier alpha value is -1.81. The molecule has 1 atom stereocenters. The van der Waals surface area contributed by atoms with Crippen LogP contribution in [0.3, 0.4) is 0 Å². The van der Waals surface area contributed by atoms with Gasteiger partial charge >= 0.3 is 0 Å². The highest BCUT2D eigenvalue weighted by molar-refractivity contribution is 5.33. The molecule has 2 rings (SSSR count). The summed E-state index contributed by atoms with van der Waals surface area (Å²) in [6.07, 6.45) is 4.74. The average molecular weight is 259 g/mol. The van der Waals surface area contributed by atoms with Crippen LogP contribution in [-0.4, -0.2) is 16.2 Å². The van der Waals surface area contributed by atoms with E-state index in [9.17, 15) is 0 Å². The summed E-state index contributed by atoms with van der Waals surface area (Å²) < 4.78 is 7.70. The van der Waals surface area contributed by atoms with E-state index in [1.54, 1.807) is 6.20 Å². The number of rotatable bonds is 6. The van der Waals surface area contributed by atoms with Crippen LogP contribution < -0.4 is 10.5 Å². The van der Waals surface area contributed by atoms with Crippen LogP contribution in [0, 0.1) is 0 Å². The third-order valence-electron chi connectivity index (χ3n) is 3.06. The summed E-state index contributed by atoms with van der Waals surface area (Å²) in [5.74, 6) is 1.75. The molecule has 0 amide bonds. The Kier molecular flexibility index (Phi) is 4.58. The Morgan fingerprint density at radius 2 is 2.21 bits per heavy atom. The van der Waals surface area contributed by atoms with E-state index in [1.165, 1.54) is 0 Å². The molecule has 0 spiro atoms. The molecule has 0 saturated heterocycles. The van der Waals surface area contributed by atoms with Crippen molar-refractivity contribution < 1.29 is 4.74 Å². The highest BCUT2D eigenvalue weighted by Gasteiger charge is 2.14. The lowest BCUT2D eigenvalue weighted by Gasteiger charge is -2.14. The molecule has 2 aromatic rings. The lowest BCUT2D eigenvalue weighted by atomic mass is 10.1. The van der Waals surface area contributed by atoms with Gasteiger partial charge in [-0.2, -0.15) is 0 Å². The van der Waals surface area contributed by atoms with E-state index in [0.29, 0.717) is 0 Å². The van der Waals surface area contributed by atoms with Crippen molar-refractivity contribution in [1.29, 1.82) is 0 Å². The van der Waals surface area contributed by atoms with E-state index < -0.39 is 0 Å². The van der Waals surface area contributed by atoms with Crippen LogP contribution >= 0.6 is 0 Å². The van der Waals surface area contributed by atoms with Gasteiger partial charge in [0.2, 0.25) is 0 Å². The van der Waals surface area contributed by atoms with Gasteiger partial charge in [-0.3, -0.25) is 0 Å². The van der Waals surface area contributed by atoms with Crippen LogP contribution in [0.15, 0.2) is 36.7 Å². The van der Waals surface area contributed by atoms with Gasteiger partial charge in [-0.05, 0) is 31.0 Å². The average Bonchev–Trinajstić information content (AvgIpc) is 2.93. The van der Waals surface area contributed by atoms with Gasteiger partial charge in [0.25, 0.3) is 0 Å². The molecular formula is C15H21N3O. The molecule has 0 aliphatic carbocycles. The Morgan fingerprint density at radius 1 is 1.37 bits per heavy atom. The fourth-order valence-electron chi connectivity index (χ4n) is 2.03. The van der Waals surface area contributed by atoms with Gasteiger partial charge in [-0.25, -0.2) is 4.98 Å². The Morgan fingerprint density at radius 3 is 2.95 bits per heavy atom. The second-order valence-corrected chi connectivity index (χ2v) is 4.47. The summed E-state index contributed by atoms with van der Waals surface area (Å²) in [6.45, 7) is 5.77. The third kappa shape index (κ3) is 3.15. The van der Waals surface area contributed by atoms with E-state index in [1.807, 2.05) is 30.5 Å². The molecule has 0 radical (unpaired) electrons. The van der Waals surface area contributed by atoms with Crippen molar-refractivity contribution in [2.75, 3.05) is 6.61 Å². The lowest BCUT2D eigenvalue weighted by Crippen LogP contribution is -2.17. The van der Waals surface area contributed by atoms with Crippen molar-refractivity contribution >= 4 is 0 Å². The Bertz CT molecular complexity index is 522. The maximum absolute atomic E-state index is 6.30. The van der Waals surface area contributed by atoms with Crippen molar-refractivity contribution in [3.63, 3.8) is 0 Å². The second-order valence-electron chi connectivity index (χ2n) is 4.47. The number of nitrogens with zero attached hydrogens (tertiary/aromatic N) is 2. The minimum Gasteiger partial charge on any atom is -0.494 e. The first-order chi connectivity index (χ1) is 9.26. The van der Waals surface area contributed by atoms with Crippen molar-refractivity contribution in [1.82, 2.24) is 9.55 Å². The second kappa shape index (κ2) is 6.38. The number of nitrogens with two attached hydrogens (primary N) is 1. The number of imidazole rings is 1. The van der Waals surface area contributed by atoms with Gasteiger partial charge in [0.15, 0.2) is 0 Å². The topological polar surface area (TPSA) is 53.1 Å². The van der Waals surface area contributed by atoms with Crippen molar-refractivity contribution in [3.8, 4) is 5.75 Å². The SMILES string of the molecule is CCCOc1cccc(C(N)c2nccn2CC)c1. The molecule has 4 heteroatoms. The van der Waals surface area contributed by atoms with E-state index in [0.717, 1.165) is 36.7 Å². The smallest absolute Gasteiger partial charge is 0.130 e. The number of benzene rings is 1. The molecule has 0 fully saturated rings. The maximum Gasteiger partial charge on any atom is 0.130 e. The zero-order valence-corrected chi connectivity index (χ0v) is 11.5. The van der Waals surface area contributed by atoms with Crippen LogP contribution in [-0.2, 0) is 6.54 Å². The molecule has 2 N–H and O–H groups in total. The molecule has 0 saturated carbocycles. The van der Waals surface area contributed by atoms with Gasteiger partial charge in [0.05, 0.1) is 12.6 Å². The largest absolute Gasteiger partial charge is 0.494 e. The van der Waals surface area contributed by atoms with Crippen LogP contribution in [0.2, 0.25) is 0 Å². The fraction of sp³-hybridized carbons (Fsp3) is 0.400. The van der Waals surface area contributed by atoms with Crippen molar-refractivity contribution in [3.05, 3.63) is 48.0 Å². The first-order valence-electron chi connectivity index (χ1n) is 6.75. The highest BCUT2D eigenvalue weighted by Crippen LogP contribution is 2.22. The number of aromatic nitrogens is 2. The molecule has 1 aromatic heterocycles. The minimum absolute atomic E-state index is 0.222. The highest BCUT2D eigenvalue weighted by atomic mass is 16.5. The first-order valence-corrected chi connectivity index (χ1v) is 6.75. The van der Waals surface area contributed by atoms with Crippen LogP contribution in [0.25, 0.3) is 0 Å². The number of ether oxygens (including phenoxy) is 1. The van der Waals surface area contributed by atoms with Gasteiger partial charge in [0.1, 0.15) is 11.6 Å². The summed E-state index contributed by atoms with van der Waals surface area (Å²) in [6, 6.07) is 7.71. The summed E-state index contributed by atoms with van der Waals surface area (Å²) in [7, 11) is 0. The molecular weight excluding hydrogens is 238 g/mol. The lowest BCUT2D eigenvalue weighted by molar-refractivity contribution is 0.317. The van der Waals surface area contributed by atoms with Gasteiger partial charge in [0, 0.05) is 18.9 Å². The third-order valence-corrected chi connectivity index (χ3v) is 3.06. The van der Waals surface area contributed by atoms with Gasteiger partial charge < -0.3 is 15.0 Å². The fourth-order valence-corrected chi connectivity index (χ4v) is 2.03. The molecule has 1 aromatic carbocycles. The zero-order valence-electron chi connectivity index (χ0n) is 11.5. The van der Waals surface area contributed by atoms with Crippen LogP contribution in [0.5, 0.6) is 5.75 Å². The zero-order chi connectivity index (χ0) is 13.7. The van der Waals surface area contributed by atoms with E-state index >= 15 is 0 Å².